The van der Waals surface area contributed by atoms with E-state index in [1.807, 2.05) is 0 Å². The van der Waals surface area contributed by atoms with Gasteiger partial charge in [-0.25, -0.2) is 0 Å². The maximum atomic E-state index is 9.05. The molecule has 0 aromatic heterocycles. The standard InChI is InChI=1S/C6H12O2S/c1-4-5(7)6(2,9)8-3/h4,7,9H,1-3H3/b5-4+. The van der Waals surface area contributed by atoms with Gasteiger partial charge in [-0.15, -0.1) is 12.6 Å². The molecule has 0 fully saturated rings. The van der Waals surface area contributed by atoms with Gasteiger partial charge in [-0.1, -0.05) is 0 Å². The van der Waals surface area contributed by atoms with Crippen LogP contribution in [0.3, 0.4) is 0 Å². The first-order chi connectivity index (χ1) is 4.04. The first kappa shape index (κ1) is 8.85. The van der Waals surface area contributed by atoms with Gasteiger partial charge in [0.2, 0.25) is 0 Å². The number of hydrogen-bond acceptors (Lipinski definition) is 3. The van der Waals surface area contributed by atoms with Crippen LogP contribution in [-0.4, -0.2) is 17.1 Å². The summed E-state index contributed by atoms with van der Waals surface area (Å²) in [6.07, 6.45) is 1.55. The van der Waals surface area contributed by atoms with E-state index in [0.717, 1.165) is 0 Å². The number of rotatable bonds is 2. The molecule has 0 aromatic rings. The third kappa shape index (κ3) is 2.28. The van der Waals surface area contributed by atoms with Gasteiger partial charge in [-0.3, -0.25) is 0 Å². The Morgan fingerprint density at radius 3 is 2.33 bits per heavy atom. The van der Waals surface area contributed by atoms with Crippen molar-refractivity contribution in [3.8, 4) is 0 Å². The van der Waals surface area contributed by atoms with E-state index < -0.39 is 4.93 Å². The molecule has 1 N–H and O–H groups in total. The molecule has 0 rings (SSSR count). The molecule has 0 aliphatic heterocycles. The SMILES string of the molecule is C/C=C(/O)C(C)(S)OC. The zero-order chi connectivity index (χ0) is 7.49. The topological polar surface area (TPSA) is 29.5 Å². The van der Waals surface area contributed by atoms with E-state index in [0.29, 0.717) is 0 Å². The van der Waals surface area contributed by atoms with Crippen molar-refractivity contribution in [1.29, 1.82) is 0 Å². The van der Waals surface area contributed by atoms with Crippen LogP contribution in [0.25, 0.3) is 0 Å². The zero-order valence-corrected chi connectivity index (χ0v) is 6.77. The molecule has 0 amide bonds. The largest absolute Gasteiger partial charge is 0.509 e. The van der Waals surface area contributed by atoms with E-state index in [9.17, 15) is 0 Å². The minimum absolute atomic E-state index is 0.133. The van der Waals surface area contributed by atoms with Gasteiger partial charge in [0.1, 0.15) is 5.76 Å². The summed E-state index contributed by atoms with van der Waals surface area (Å²) in [6.45, 7) is 3.40. The fourth-order valence-electron chi connectivity index (χ4n) is 0.372. The third-order valence-corrected chi connectivity index (χ3v) is 1.56. The Kier molecular flexibility index (Phi) is 3.08. The molecule has 1 atom stereocenters. The number of ether oxygens (including phenoxy) is 1. The fraction of sp³-hybridized carbons (Fsp3) is 0.667. The molecule has 0 aliphatic rings. The van der Waals surface area contributed by atoms with Crippen LogP contribution in [0.2, 0.25) is 0 Å². The van der Waals surface area contributed by atoms with Crippen molar-refractivity contribution in [1.82, 2.24) is 0 Å². The molecule has 0 aromatic carbocycles. The molecular weight excluding hydrogens is 136 g/mol. The van der Waals surface area contributed by atoms with Crippen LogP contribution in [-0.2, 0) is 4.74 Å². The normalized spacial score (nSPS) is 19.3. The summed E-state index contributed by atoms with van der Waals surface area (Å²) in [7, 11) is 1.49. The van der Waals surface area contributed by atoms with Gasteiger partial charge in [-0.2, -0.15) is 0 Å². The summed E-state index contributed by atoms with van der Waals surface area (Å²) in [5.74, 6) is 0.133. The van der Waals surface area contributed by atoms with Crippen LogP contribution in [0.5, 0.6) is 0 Å². The van der Waals surface area contributed by atoms with Gasteiger partial charge in [0, 0.05) is 7.11 Å². The Bertz CT molecular complexity index is 118. The minimum Gasteiger partial charge on any atom is -0.509 e. The van der Waals surface area contributed by atoms with Gasteiger partial charge < -0.3 is 9.84 Å². The lowest BCUT2D eigenvalue weighted by atomic mass is 10.3. The molecule has 9 heavy (non-hydrogen) atoms. The van der Waals surface area contributed by atoms with Gasteiger partial charge in [-0.05, 0) is 19.9 Å². The highest BCUT2D eigenvalue weighted by Gasteiger charge is 2.21. The van der Waals surface area contributed by atoms with Crippen LogP contribution in [0.15, 0.2) is 11.8 Å². The molecule has 54 valence electrons. The Labute approximate surface area is 60.9 Å². The second-order valence-electron chi connectivity index (χ2n) is 1.86. The number of allylic oxidation sites excluding steroid dienone is 1. The van der Waals surface area contributed by atoms with Crippen molar-refractivity contribution in [2.24, 2.45) is 0 Å². The predicted octanol–water partition coefficient (Wildman–Crippen LogP) is 1.74. The van der Waals surface area contributed by atoms with E-state index in [1.165, 1.54) is 7.11 Å². The zero-order valence-electron chi connectivity index (χ0n) is 5.88. The van der Waals surface area contributed by atoms with Crippen LogP contribution in [0.4, 0.5) is 0 Å². The summed E-state index contributed by atoms with van der Waals surface area (Å²) in [6, 6.07) is 0. The molecule has 0 spiro atoms. The molecule has 0 radical (unpaired) electrons. The van der Waals surface area contributed by atoms with Gasteiger partial charge >= 0.3 is 0 Å². The number of methoxy groups -OCH3 is 1. The summed E-state index contributed by atoms with van der Waals surface area (Å²) < 4.78 is 4.84. The second kappa shape index (κ2) is 3.13. The number of thiol groups is 1. The second-order valence-corrected chi connectivity index (χ2v) is 2.71. The Morgan fingerprint density at radius 1 is 1.78 bits per heavy atom. The average Bonchev–Trinajstić information content (AvgIpc) is 1.86. The quantitative estimate of drug-likeness (QED) is 0.355. The van der Waals surface area contributed by atoms with Crippen molar-refractivity contribution in [3.05, 3.63) is 11.8 Å². The maximum absolute atomic E-state index is 9.05. The third-order valence-electron chi connectivity index (χ3n) is 1.15. The van der Waals surface area contributed by atoms with Crippen molar-refractivity contribution in [3.63, 3.8) is 0 Å². The van der Waals surface area contributed by atoms with Crippen LogP contribution < -0.4 is 0 Å². The van der Waals surface area contributed by atoms with E-state index >= 15 is 0 Å². The van der Waals surface area contributed by atoms with Crippen molar-refractivity contribution in [2.75, 3.05) is 7.11 Å². The highest BCUT2D eigenvalue weighted by molar-refractivity contribution is 7.81. The minimum atomic E-state index is -0.839. The van der Waals surface area contributed by atoms with Crippen molar-refractivity contribution in [2.45, 2.75) is 18.8 Å². The highest BCUT2D eigenvalue weighted by Crippen LogP contribution is 2.21. The van der Waals surface area contributed by atoms with E-state index in [-0.39, 0.29) is 5.76 Å². The molecular formula is C6H12O2S. The van der Waals surface area contributed by atoms with Gasteiger partial charge in [0.05, 0.1) is 0 Å². The van der Waals surface area contributed by atoms with Crippen LogP contribution in [0.1, 0.15) is 13.8 Å². The average molecular weight is 148 g/mol. The smallest absolute Gasteiger partial charge is 0.164 e. The number of hydrogen-bond donors (Lipinski definition) is 2. The number of aliphatic hydroxyl groups is 1. The van der Waals surface area contributed by atoms with Gasteiger partial charge in [0.25, 0.3) is 0 Å². The summed E-state index contributed by atoms with van der Waals surface area (Å²) in [5, 5.41) is 9.05. The van der Waals surface area contributed by atoms with Crippen LogP contribution in [0, 0.1) is 0 Å². The molecule has 3 heteroatoms. The van der Waals surface area contributed by atoms with Crippen molar-refractivity contribution < 1.29 is 9.84 Å². The molecule has 1 unspecified atom stereocenters. The maximum Gasteiger partial charge on any atom is 0.164 e. The number of aliphatic hydroxyl groups excluding tert-OH is 1. The van der Waals surface area contributed by atoms with E-state index in [4.69, 9.17) is 9.84 Å². The first-order valence-corrected chi connectivity index (χ1v) is 3.12. The van der Waals surface area contributed by atoms with Gasteiger partial charge in [0.15, 0.2) is 4.93 Å². The lowest BCUT2D eigenvalue weighted by molar-refractivity contribution is 0.0807. The summed E-state index contributed by atoms with van der Waals surface area (Å²) >= 11 is 4.02. The summed E-state index contributed by atoms with van der Waals surface area (Å²) in [4.78, 5) is -0.839. The van der Waals surface area contributed by atoms with E-state index in [1.54, 1.807) is 19.9 Å². The predicted molar refractivity (Wildman–Crippen MR) is 40.8 cm³/mol. The lowest BCUT2D eigenvalue weighted by Crippen LogP contribution is -2.21. The molecule has 0 saturated heterocycles. The molecule has 2 nitrogen and oxygen atoms in total. The first-order valence-electron chi connectivity index (χ1n) is 2.68. The Balaban J connectivity index is 4.14. The lowest BCUT2D eigenvalue weighted by Gasteiger charge is -2.20. The van der Waals surface area contributed by atoms with E-state index in [2.05, 4.69) is 12.6 Å². The fourth-order valence-corrected chi connectivity index (χ4v) is 0.501. The van der Waals surface area contributed by atoms with Crippen molar-refractivity contribution >= 4 is 12.6 Å². The molecule has 0 bridgehead atoms. The Morgan fingerprint density at radius 2 is 2.22 bits per heavy atom. The molecule has 0 saturated carbocycles. The Hall–Kier alpha value is -0.150. The van der Waals surface area contributed by atoms with Crippen LogP contribution >= 0.6 is 12.6 Å². The summed E-state index contributed by atoms with van der Waals surface area (Å²) in [5.41, 5.74) is 0. The highest BCUT2D eigenvalue weighted by atomic mass is 32.1. The monoisotopic (exact) mass is 148 g/mol. The molecule has 0 heterocycles. The molecule has 0 aliphatic carbocycles.